The predicted molar refractivity (Wildman–Crippen MR) is 62.7 cm³/mol. The number of methoxy groups -OCH3 is 1. The highest BCUT2D eigenvalue weighted by atomic mass is 16.5. The second-order valence-corrected chi connectivity index (χ2v) is 4.59. The van der Waals surface area contributed by atoms with Gasteiger partial charge in [0.25, 0.3) is 0 Å². The molecule has 0 radical (unpaired) electrons. The third-order valence-corrected chi connectivity index (χ3v) is 3.54. The summed E-state index contributed by atoms with van der Waals surface area (Å²) in [6, 6.07) is 0. The first-order valence-electron chi connectivity index (χ1n) is 6.06. The van der Waals surface area contributed by atoms with Crippen LogP contribution in [0.15, 0.2) is 0 Å². The Balaban J connectivity index is 2.66. The highest BCUT2D eigenvalue weighted by Gasteiger charge is 2.45. The van der Waals surface area contributed by atoms with E-state index in [0.29, 0.717) is 19.6 Å². The zero-order valence-electron chi connectivity index (χ0n) is 10.6. The summed E-state index contributed by atoms with van der Waals surface area (Å²) in [6.45, 7) is 2.60. The summed E-state index contributed by atoms with van der Waals surface area (Å²) in [7, 11) is 1.62. The minimum atomic E-state index is -0.957. The minimum Gasteiger partial charge on any atom is -0.480 e. The number of hydrogen-bond acceptors (Lipinski definition) is 3. The summed E-state index contributed by atoms with van der Waals surface area (Å²) >= 11 is 0. The second kappa shape index (κ2) is 6.00. The molecular formula is C12H21NO4. The zero-order valence-corrected chi connectivity index (χ0v) is 10.6. The molecule has 0 saturated heterocycles. The van der Waals surface area contributed by atoms with Crippen LogP contribution >= 0.6 is 0 Å². The lowest BCUT2D eigenvalue weighted by Crippen LogP contribution is -2.49. The van der Waals surface area contributed by atoms with Crippen molar-refractivity contribution >= 4 is 11.9 Å². The van der Waals surface area contributed by atoms with E-state index in [1.165, 1.54) is 4.90 Å². The first-order chi connectivity index (χ1) is 8.05. The van der Waals surface area contributed by atoms with Gasteiger partial charge in [-0.1, -0.05) is 6.42 Å². The zero-order chi connectivity index (χ0) is 12.9. The van der Waals surface area contributed by atoms with E-state index in [9.17, 15) is 9.59 Å². The van der Waals surface area contributed by atoms with Gasteiger partial charge in [-0.2, -0.15) is 0 Å². The highest BCUT2D eigenvalue weighted by molar-refractivity contribution is 5.86. The average Bonchev–Trinajstić information content (AvgIpc) is 2.24. The van der Waals surface area contributed by atoms with Crippen molar-refractivity contribution in [1.29, 1.82) is 0 Å². The maximum atomic E-state index is 12.3. The van der Waals surface area contributed by atoms with E-state index in [-0.39, 0.29) is 17.9 Å². The van der Waals surface area contributed by atoms with Crippen LogP contribution in [0.4, 0.5) is 0 Å². The molecule has 0 aromatic heterocycles. The number of hydrogen-bond donors (Lipinski definition) is 1. The summed E-state index contributed by atoms with van der Waals surface area (Å²) in [6.07, 6.45) is 3.44. The van der Waals surface area contributed by atoms with Crippen molar-refractivity contribution in [3.8, 4) is 0 Å². The number of carboxylic acid groups (broad SMARTS) is 1. The maximum Gasteiger partial charge on any atom is 0.323 e. The Bertz CT molecular complexity index is 286. The van der Waals surface area contributed by atoms with Gasteiger partial charge in [0.2, 0.25) is 5.91 Å². The molecular weight excluding hydrogens is 222 g/mol. The van der Waals surface area contributed by atoms with Crippen molar-refractivity contribution in [2.24, 2.45) is 5.41 Å². The average molecular weight is 243 g/mol. The van der Waals surface area contributed by atoms with Crippen molar-refractivity contribution < 1.29 is 19.4 Å². The Labute approximate surface area is 102 Å². The van der Waals surface area contributed by atoms with Crippen LogP contribution in [0.5, 0.6) is 0 Å². The number of aliphatic carboxylic acids is 1. The van der Waals surface area contributed by atoms with Gasteiger partial charge in [0.05, 0.1) is 5.41 Å². The number of nitrogens with zero attached hydrogens (tertiary/aromatic N) is 1. The van der Waals surface area contributed by atoms with E-state index in [1.54, 1.807) is 7.11 Å². The van der Waals surface area contributed by atoms with E-state index < -0.39 is 5.97 Å². The number of rotatable bonds is 7. The quantitative estimate of drug-likeness (QED) is 0.727. The molecule has 0 aromatic rings. The lowest BCUT2D eigenvalue weighted by Gasteiger charge is -2.43. The standard InChI is InChI=1S/C12H21NO4/c1-3-13(9-10(14)15)11(16)12(5-4-6-12)7-8-17-2/h3-9H2,1-2H3,(H,14,15). The van der Waals surface area contributed by atoms with Gasteiger partial charge in [0, 0.05) is 20.3 Å². The van der Waals surface area contributed by atoms with Crippen molar-refractivity contribution in [1.82, 2.24) is 4.90 Å². The first kappa shape index (κ1) is 14.0. The molecule has 0 spiro atoms. The fourth-order valence-electron chi connectivity index (χ4n) is 2.30. The molecule has 0 unspecified atom stereocenters. The minimum absolute atomic E-state index is 0.0225. The number of carbonyl (C=O) groups is 2. The number of ether oxygens (including phenoxy) is 1. The van der Waals surface area contributed by atoms with Crippen LogP contribution in [0, 0.1) is 5.41 Å². The topological polar surface area (TPSA) is 66.8 Å². The lowest BCUT2D eigenvalue weighted by molar-refractivity contribution is -0.154. The summed E-state index contributed by atoms with van der Waals surface area (Å²) in [4.78, 5) is 24.5. The number of carboxylic acids is 1. The maximum absolute atomic E-state index is 12.3. The summed E-state index contributed by atoms with van der Waals surface area (Å²) in [5, 5.41) is 8.78. The normalized spacial score (nSPS) is 17.3. The Morgan fingerprint density at radius 2 is 2.06 bits per heavy atom. The molecule has 1 aliphatic carbocycles. The third-order valence-electron chi connectivity index (χ3n) is 3.54. The molecule has 98 valence electrons. The molecule has 1 saturated carbocycles. The summed E-state index contributed by atoms with van der Waals surface area (Å²) < 4.78 is 5.03. The number of likely N-dealkylation sites (N-methyl/N-ethyl adjacent to an activating group) is 1. The molecule has 1 N–H and O–H groups in total. The van der Waals surface area contributed by atoms with Crippen LogP contribution < -0.4 is 0 Å². The van der Waals surface area contributed by atoms with Gasteiger partial charge in [0.15, 0.2) is 0 Å². The van der Waals surface area contributed by atoms with Gasteiger partial charge < -0.3 is 14.7 Å². The van der Waals surface area contributed by atoms with E-state index in [4.69, 9.17) is 9.84 Å². The van der Waals surface area contributed by atoms with Crippen molar-refractivity contribution in [3.63, 3.8) is 0 Å². The number of amides is 1. The largest absolute Gasteiger partial charge is 0.480 e. The lowest BCUT2D eigenvalue weighted by atomic mass is 9.65. The monoisotopic (exact) mass is 243 g/mol. The third kappa shape index (κ3) is 3.19. The van der Waals surface area contributed by atoms with Gasteiger partial charge in [-0.05, 0) is 26.2 Å². The van der Waals surface area contributed by atoms with Crippen LogP contribution in [0.2, 0.25) is 0 Å². The molecule has 1 amide bonds. The first-order valence-corrected chi connectivity index (χ1v) is 6.06. The van der Waals surface area contributed by atoms with Crippen LogP contribution in [0.25, 0.3) is 0 Å². The molecule has 0 aliphatic heterocycles. The Morgan fingerprint density at radius 3 is 2.41 bits per heavy atom. The van der Waals surface area contributed by atoms with E-state index >= 15 is 0 Å². The molecule has 5 heteroatoms. The van der Waals surface area contributed by atoms with Crippen LogP contribution in [-0.4, -0.2) is 48.7 Å². The van der Waals surface area contributed by atoms with Crippen molar-refractivity contribution in [3.05, 3.63) is 0 Å². The van der Waals surface area contributed by atoms with Crippen LogP contribution in [0.1, 0.15) is 32.6 Å². The SMILES string of the molecule is CCN(CC(=O)O)C(=O)C1(CCOC)CCC1. The van der Waals surface area contributed by atoms with Crippen LogP contribution in [0.3, 0.4) is 0 Å². The van der Waals surface area contributed by atoms with Crippen LogP contribution in [-0.2, 0) is 14.3 Å². The van der Waals surface area contributed by atoms with E-state index in [0.717, 1.165) is 19.3 Å². The predicted octanol–water partition coefficient (Wildman–Crippen LogP) is 1.13. The fraction of sp³-hybridized carbons (Fsp3) is 0.833. The molecule has 0 aromatic carbocycles. The van der Waals surface area contributed by atoms with Gasteiger partial charge >= 0.3 is 5.97 Å². The van der Waals surface area contributed by atoms with Crippen molar-refractivity contribution in [2.45, 2.75) is 32.6 Å². The van der Waals surface area contributed by atoms with Crippen molar-refractivity contribution in [2.75, 3.05) is 26.8 Å². The molecule has 1 fully saturated rings. The number of carbonyl (C=O) groups excluding carboxylic acids is 1. The smallest absolute Gasteiger partial charge is 0.323 e. The van der Waals surface area contributed by atoms with E-state index in [2.05, 4.69) is 0 Å². The van der Waals surface area contributed by atoms with Gasteiger partial charge in [-0.25, -0.2) is 0 Å². The van der Waals surface area contributed by atoms with Gasteiger partial charge in [0.1, 0.15) is 6.54 Å². The molecule has 0 atom stereocenters. The van der Waals surface area contributed by atoms with Gasteiger partial charge in [-0.3, -0.25) is 9.59 Å². The Hall–Kier alpha value is -1.10. The molecule has 17 heavy (non-hydrogen) atoms. The Kier molecular flexibility index (Phi) is 4.93. The highest BCUT2D eigenvalue weighted by Crippen LogP contribution is 2.45. The Morgan fingerprint density at radius 1 is 1.41 bits per heavy atom. The van der Waals surface area contributed by atoms with E-state index in [1.807, 2.05) is 6.92 Å². The molecule has 1 rings (SSSR count). The summed E-state index contributed by atoms with van der Waals surface area (Å²) in [5.41, 5.74) is -0.360. The fourth-order valence-corrected chi connectivity index (χ4v) is 2.30. The molecule has 1 aliphatic rings. The second-order valence-electron chi connectivity index (χ2n) is 4.59. The molecule has 5 nitrogen and oxygen atoms in total. The molecule has 0 heterocycles. The van der Waals surface area contributed by atoms with Gasteiger partial charge in [-0.15, -0.1) is 0 Å². The summed E-state index contributed by atoms with van der Waals surface area (Å²) in [5.74, 6) is -0.980. The molecule has 0 bridgehead atoms.